The summed E-state index contributed by atoms with van der Waals surface area (Å²) in [6.07, 6.45) is 0.729. The van der Waals surface area contributed by atoms with Crippen LogP contribution in [0, 0.1) is 0 Å². The maximum Gasteiger partial charge on any atom is 0.328 e. The zero-order valence-electron chi connectivity index (χ0n) is 17.0. The minimum Gasteiger partial charge on any atom is -0.454 e. The molecule has 1 atom stereocenters. The topological polar surface area (TPSA) is 114 Å². The second-order valence-corrected chi connectivity index (χ2v) is 7.43. The van der Waals surface area contributed by atoms with Gasteiger partial charge in [-0.3, -0.25) is 14.9 Å². The predicted molar refractivity (Wildman–Crippen MR) is 105 cm³/mol. The average Bonchev–Trinajstić information content (AvgIpc) is 2.63. The lowest BCUT2D eigenvalue weighted by molar-refractivity contribution is -0.149. The second-order valence-electron chi connectivity index (χ2n) is 7.43. The highest BCUT2D eigenvalue weighted by molar-refractivity contribution is 5.98. The van der Waals surface area contributed by atoms with E-state index >= 15 is 0 Å². The first kappa shape index (κ1) is 23.1. The zero-order chi connectivity index (χ0) is 21.3. The predicted octanol–water partition coefficient (Wildman–Crippen LogP) is 1.88. The van der Waals surface area contributed by atoms with E-state index in [1.807, 2.05) is 24.4 Å². The minimum atomic E-state index is -0.948. The van der Waals surface area contributed by atoms with Gasteiger partial charge in [0, 0.05) is 12.1 Å². The Morgan fingerprint density at radius 3 is 2.21 bits per heavy atom. The van der Waals surface area contributed by atoms with Crippen LogP contribution in [-0.2, 0) is 19.7 Å². The van der Waals surface area contributed by atoms with Crippen LogP contribution in [0.3, 0.4) is 0 Å². The van der Waals surface area contributed by atoms with Crippen LogP contribution in [0.2, 0.25) is 0 Å². The van der Waals surface area contributed by atoms with Gasteiger partial charge in [-0.2, -0.15) is 0 Å². The molecule has 0 saturated carbocycles. The molecule has 0 aromatic heterocycles. The van der Waals surface area contributed by atoms with Gasteiger partial charge in [-0.05, 0) is 36.5 Å². The lowest BCUT2D eigenvalue weighted by Crippen LogP contribution is -2.43. The molecule has 0 aliphatic carbocycles. The number of nitrogens with one attached hydrogen (secondary N) is 3. The molecule has 0 aliphatic heterocycles. The van der Waals surface area contributed by atoms with Crippen LogP contribution in [-0.4, -0.2) is 43.0 Å². The number of esters is 1. The molecule has 0 heterocycles. The summed E-state index contributed by atoms with van der Waals surface area (Å²) in [5.41, 5.74) is 1.48. The number of urea groups is 1. The Balaban J connectivity index is 2.48. The SMILES string of the molecule is CCCNC(=O)NC(=O)COC(=O)[C@H](C)NC(=O)c1ccc(C(C)(C)C)cc1. The maximum absolute atomic E-state index is 12.3. The van der Waals surface area contributed by atoms with Gasteiger partial charge in [0.15, 0.2) is 6.61 Å². The molecule has 0 unspecified atom stereocenters. The number of rotatable bonds is 7. The van der Waals surface area contributed by atoms with E-state index in [1.54, 1.807) is 12.1 Å². The van der Waals surface area contributed by atoms with Crippen molar-refractivity contribution in [2.24, 2.45) is 0 Å². The van der Waals surface area contributed by atoms with E-state index in [0.717, 1.165) is 12.0 Å². The molecule has 0 spiro atoms. The van der Waals surface area contributed by atoms with Gasteiger partial charge in [0.1, 0.15) is 6.04 Å². The van der Waals surface area contributed by atoms with Crippen molar-refractivity contribution in [3.05, 3.63) is 35.4 Å². The van der Waals surface area contributed by atoms with Crippen molar-refractivity contribution in [3.8, 4) is 0 Å². The zero-order valence-corrected chi connectivity index (χ0v) is 17.0. The molecule has 8 nitrogen and oxygen atoms in total. The molecule has 1 aromatic carbocycles. The lowest BCUT2D eigenvalue weighted by Gasteiger charge is -2.19. The van der Waals surface area contributed by atoms with Crippen LogP contribution in [0.1, 0.15) is 57.0 Å². The highest BCUT2D eigenvalue weighted by Gasteiger charge is 2.20. The number of imide groups is 1. The summed E-state index contributed by atoms with van der Waals surface area (Å²) in [6, 6.07) is 5.52. The standard InChI is InChI=1S/C20H29N3O5/c1-6-11-21-19(27)23-16(24)12-28-18(26)13(2)22-17(25)14-7-9-15(10-8-14)20(3,4)5/h7-10,13H,6,11-12H2,1-5H3,(H,22,25)(H2,21,23,24,27)/t13-/m0/s1. The van der Waals surface area contributed by atoms with Crippen molar-refractivity contribution in [2.45, 2.75) is 52.5 Å². The van der Waals surface area contributed by atoms with Crippen LogP contribution < -0.4 is 16.0 Å². The largest absolute Gasteiger partial charge is 0.454 e. The van der Waals surface area contributed by atoms with Gasteiger partial charge in [0.2, 0.25) is 0 Å². The molecular formula is C20H29N3O5. The molecule has 0 fully saturated rings. The second kappa shape index (κ2) is 10.4. The summed E-state index contributed by atoms with van der Waals surface area (Å²) >= 11 is 0. The highest BCUT2D eigenvalue weighted by atomic mass is 16.5. The molecule has 28 heavy (non-hydrogen) atoms. The van der Waals surface area contributed by atoms with Gasteiger partial charge < -0.3 is 15.4 Å². The fraction of sp³-hybridized carbons (Fsp3) is 0.500. The average molecular weight is 391 g/mol. The van der Waals surface area contributed by atoms with Crippen LogP contribution in [0.5, 0.6) is 0 Å². The molecular weight excluding hydrogens is 362 g/mol. The van der Waals surface area contributed by atoms with Gasteiger partial charge in [0.25, 0.3) is 11.8 Å². The smallest absolute Gasteiger partial charge is 0.328 e. The minimum absolute atomic E-state index is 0.0277. The molecule has 0 aliphatic rings. The quantitative estimate of drug-likeness (QED) is 0.614. The first-order chi connectivity index (χ1) is 13.0. The van der Waals surface area contributed by atoms with Crippen molar-refractivity contribution in [3.63, 3.8) is 0 Å². The van der Waals surface area contributed by atoms with Crippen molar-refractivity contribution >= 4 is 23.8 Å². The van der Waals surface area contributed by atoms with Crippen LogP contribution in [0.25, 0.3) is 0 Å². The molecule has 0 bridgehead atoms. The van der Waals surface area contributed by atoms with Gasteiger partial charge in [0.05, 0.1) is 0 Å². The third-order valence-corrected chi connectivity index (χ3v) is 3.85. The molecule has 8 heteroatoms. The Morgan fingerprint density at radius 1 is 1.07 bits per heavy atom. The Bertz CT molecular complexity index is 708. The van der Waals surface area contributed by atoms with E-state index in [2.05, 4.69) is 31.4 Å². The molecule has 0 saturated heterocycles. The molecule has 4 amide bonds. The number of carbonyl (C=O) groups excluding carboxylic acids is 4. The summed E-state index contributed by atoms with van der Waals surface area (Å²) in [7, 11) is 0. The Kier molecular flexibility index (Phi) is 8.63. The normalized spacial score (nSPS) is 11.9. The van der Waals surface area contributed by atoms with Crippen LogP contribution in [0.4, 0.5) is 4.79 Å². The van der Waals surface area contributed by atoms with E-state index in [1.165, 1.54) is 6.92 Å². The maximum atomic E-state index is 12.3. The van der Waals surface area contributed by atoms with Crippen molar-refractivity contribution < 1.29 is 23.9 Å². The summed E-state index contributed by atoms with van der Waals surface area (Å²) in [5.74, 6) is -1.95. The fourth-order valence-corrected chi connectivity index (χ4v) is 2.17. The molecule has 3 N–H and O–H groups in total. The van der Waals surface area contributed by atoms with E-state index in [0.29, 0.717) is 12.1 Å². The van der Waals surface area contributed by atoms with Crippen molar-refractivity contribution in [1.29, 1.82) is 0 Å². The van der Waals surface area contributed by atoms with Gasteiger partial charge in [-0.25, -0.2) is 9.59 Å². The van der Waals surface area contributed by atoms with Gasteiger partial charge in [-0.1, -0.05) is 39.8 Å². The van der Waals surface area contributed by atoms with Crippen LogP contribution >= 0.6 is 0 Å². The summed E-state index contributed by atoms with van der Waals surface area (Å²) in [6.45, 7) is 9.36. The van der Waals surface area contributed by atoms with Crippen LogP contribution in [0.15, 0.2) is 24.3 Å². The monoisotopic (exact) mass is 391 g/mol. The summed E-state index contributed by atoms with van der Waals surface area (Å²) in [4.78, 5) is 47.1. The van der Waals surface area contributed by atoms with E-state index in [9.17, 15) is 19.2 Å². The Hall–Kier alpha value is -2.90. The van der Waals surface area contributed by atoms with Gasteiger partial charge in [-0.15, -0.1) is 0 Å². The first-order valence-corrected chi connectivity index (χ1v) is 9.20. The number of ether oxygens (including phenoxy) is 1. The molecule has 1 aromatic rings. The first-order valence-electron chi connectivity index (χ1n) is 9.20. The third-order valence-electron chi connectivity index (χ3n) is 3.85. The number of carbonyl (C=O) groups is 4. The third kappa shape index (κ3) is 7.77. The number of benzene rings is 1. The van der Waals surface area contributed by atoms with Gasteiger partial charge >= 0.3 is 12.0 Å². The number of hydrogen-bond donors (Lipinski definition) is 3. The van der Waals surface area contributed by atoms with Crippen molar-refractivity contribution in [2.75, 3.05) is 13.2 Å². The van der Waals surface area contributed by atoms with E-state index < -0.39 is 36.5 Å². The van der Waals surface area contributed by atoms with E-state index in [4.69, 9.17) is 4.74 Å². The molecule has 154 valence electrons. The lowest BCUT2D eigenvalue weighted by atomic mass is 9.86. The highest BCUT2D eigenvalue weighted by Crippen LogP contribution is 2.22. The molecule has 1 rings (SSSR count). The summed E-state index contributed by atoms with van der Waals surface area (Å²) in [5, 5.41) is 7.02. The number of amides is 4. The Labute approximate surface area is 165 Å². The van der Waals surface area contributed by atoms with E-state index in [-0.39, 0.29) is 5.41 Å². The fourth-order valence-electron chi connectivity index (χ4n) is 2.17. The Morgan fingerprint density at radius 2 is 1.68 bits per heavy atom. The van der Waals surface area contributed by atoms with Crippen molar-refractivity contribution in [1.82, 2.24) is 16.0 Å². The molecule has 0 radical (unpaired) electrons. The summed E-state index contributed by atoms with van der Waals surface area (Å²) < 4.78 is 4.83. The number of hydrogen-bond acceptors (Lipinski definition) is 5.